The summed E-state index contributed by atoms with van der Waals surface area (Å²) in [4.78, 5) is 0. The lowest BCUT2D eigenvalue weighted by atomic mass is 10.0. The molecule has 0 amide bonds. The third-order valence-corrected chi connectivity index (χ3v) is 3.11. The third-order valence-electron chi connectivity index (χ3n) is 3.11. The van der Waals surface area contributed by atoms with Crippen molar-refractivity contribution >= 4 is 11.0 Å². The van der Waals surface area contributed by atoms with Gasteiger partial charge >= 0.3 is 0 Å². The van der Waals surface area contributed by atoms with Gasteiger partial charge in [-0.1, -0.05) is 18.2 Å². The number of para-hydroxylation sites is 1. The number of hydrogen-bond acceptors (Lipinski definition) is 2. The van der Waals surface area contributed by atoms with Crippen LogP contribution >= 0.6 is 0 Å². The molecule has 0 radical (unpaired) electrons. The van der Waals surface area contributed by atoms with Crippen LogP contribution in [0.4, 0.5) is 13.2 Å². The summed E-state index contributed by atoms with van der Waals surface area (Å²) in [7, 11) is 0. The van der Waals surface area contributed by atoms with E-state index in [-0.39, 0.29) is 5.76 Å². The molecule has 1 aromatic heterocycles. The Balaban J connectivity index is 2.10. The summed E-state index contributed by atoms with van der Waals surface area (Å²) in [5.41, 5.74) is 5.99. The maximum absolute atomic E-state index is 13.7. The highest BCUT2D eigenvalue weighted by molar-refractivity contribution is 5.77. The summed E-state index contributed by atoms with van der Waals surface area (Å²) in [6.07, 6.45) is 0. The zero-order valence-corrected chi connectivity index (χ0v) is 10.2. The highest BCUT2D eigenvalue weighted by atomic mass is 19.1. The van der Waals surface area contributed by atoms with Crippen molar-refractivity contribution in [2.24, 2.45) is 5.73 Å². The highest BCUT2D eigenvalue weighted by Gasteiger charge is 2.22. The molecule has 1 atom stereocenters. The van der Waals surface area contributed by atoms with E-state index >= 15 is 0 Å². The third kappa shape index (κ3) is 2.06. The van der Waals surface area contributed by atoms with Crippen LogP contribution in [0.3, 0.4) is 0 Å². The fourth-order valence-electron chi connectivity index (χ4n) is 2.15. The predicted molar refractivity (Wildman–Crippen MR) is 68.6 cm³/mol. The van der Waals surface area contributed by atoms with E-state index in [1.165, 1.54) is 0 Å². The van der Waals surface area contributed by atoms with Gasteiger partial charge in [0.05, 0.1) is 6.04 Å². The summed E-state index contributed by atoms with van der Waals surface area (Å²) >= 11 is 0. The van der Waals surface area contributed by atoms with E-state index in [0.717, 1.165) is 5.39 Å². The molecule has 2 nitrogen and oxygen atoms in total. The van der Waals surface area contributed by atoms with Crippen molar-refractivity contribution in [2.75, 3.05) is 0 Å². The molecule has 0 fully saturated rings. The van der Waals surface area contributed by atoms with Gasteiger partial charge in [-0.05, 0) is 12.1 Å². The number of benzene rings is 2. The number of nitrogens with two attached hydrogens (primary N) is 1. The molecule has 1 unspecified atom stereocenters. The molecule has 0 aliphatic heterocycles. The van der Waals surface area contributed by atoms with Crippen LogP contribution in [0.25, 0.3) is 11.0 Å². The predicted octanol–water partition coefficient (Wildman–Crippen LogP) is 3.90. The van der Waals surface area contributed by atoms with Gasteiger partial charge in [0.25, 0.3) is 0 Å². The molecule has 0 spiro atoms. The Morgan fingerprint density at radius 1 is 0.950 bits per heavy atom. The molecular weight excluding hydrogens is 267 g/mol. The first-order chi connectivity index (χ1) is 9.56. The second-order valence-corrected chi connectivity index (χ2v) is 4.45. The highest BCUT2D eigenvalue weighted by Crippen LogP contribution is 2.29. The van der Waals surface area contributed by atoms with Crippen LogP contribution in [0.5, 0.6) is 0 Å². The molecule has 3 rings (SSSR count). The van der Waals surface area contributed by atoms with Crippen molar-refractivity contribution in [3.05, 3.63) is 71.2 Å². The van der Waals surface area contributed by atoms with Crippen LogP contribution in [-0.2, 0) is 0 Å². The number of furan rings is 1. The van der Waals surface area contributed by atoms with Crippen molar-refractivity contribution in [3.8, 4) is 0 Å². The first-order valence-corrected chi connectivity index (χ1v) is 5.95. The molecule has 3 aromatic rings. The van der Waals surface area contributed by atoms with E-state index in [2.05, 4.69) is 0 Å². The molecule has 5 heteroatoms. The van der Waals surface area contributed by atoms with Gasteiger partial charge in [-0.2, -0.15) is 0 Å². The van der Waals surface area contributed by atoms with Gasteiger partial charge in [0.1, 0.15) is 28.8 Å². The van der Waals surface area contributed by atoms with Gasteiger partial charge in [-0.25, -0.2) is 13.2 Å². The maximum Gasteiger partial charge on any atom is 0.134 e. The lowest BCUT2D eigenvalue weighted by Gasteiger charge is -2.11. The Morgan fingerprint density at radius 2 is 1.60 bits per heavy atom. The first kappa shape index (κ1) is 12.7. The van der Waals surface area contributed by atoms with Crippen LogP contribution in [-0.4, -0.2) is 0 Å². The van der Waals surface area contributed by atoms with Gasteiger partial charge in [0.2, 0.25) is 0 Å². The summed E-state index contributed by atoms with van der Waals surface area (Å²) in [6, 6.07) is 8.79. The van der Waals surface area contributed by atoms with Crippen molar-refractivity contribution in [2.45, 2.75) is 6.04 Å². The molecule has 20 heavy (non-hydrogen) atoms. The molecule has 0 aliphatic rings. The van der Waals surface area contributed by atoms with Gasteiger partial charge in [-0.15, -0.1) is 0 Å². The largest absolute Gasteiger partial charge is 0.459 e. The second-order valence-electron chi connectivity index (χ2n) is 4.45. The Morgan fingerprint density at radius 3 is 2.25 bits per heavy atom. The normalized spacial score (nSPS) is 12.8. The Bertz CT molecular complexity index is 726. The van der Waals surface area contributed by atoms with Crippen LogP contribution < -0.4 is 5.73 Å². The SMILES string of the molecule is NC(c1cc2ccccc2o1)c1c(F)cc(F)cc1F. The van der Waals surface area contributed by atoms with E-state index < -0.39 is 29.1 Å². The topological polar surface area (TPSA) is 39.2 Å². The molecule has 0 bridgehead atoms. The standard InChI is InChI=1S/C15H10F3NO/c16-9-6-10(17)14(11(18)7-9)15(19)13-5-8-3-1-2-4-12(8)20-13/h1-7,15H,19H2. The smallest absolute Gasteiger partial charge is 0.134 e. The molecule has 0 aliphatic carbocycles. The first-order valence-electron chi connectivity index (χ1n) is 5.95. The molecule has 2 aromatic carbocycles. The van der Waals surface area contributed by atoms with Crippen LogP contribution in [0.2, 0.25) is 0 Å². The molecule has 2 N–H and O–H groups in total. The maximum atomic E-state index is 13.7. The summed E-state index contributed by atoms with van der Waals surface area (Å²) in [6.45, 7) is 0. The Labute approximate surface area is 112 Å². The van der Waals surface area contributed by atoms with E-state index in [4.69, 9.17) is 10.2 Å². The van der Waals surface area contributed by atoms with Crippen LogP contribution in [0.15, 0.2) is 46.9 Å². The van der Waals surface area contributed by atoms with Crippen LogP contribution in [0.1, 0.15) is 17.4 Å². The fraction of sp³-hybridized carbons (Fsp3) is 0.0667. The van der Waals surface area contributed by atoms with E-state index in [9.17, 15) is 13.2 Å². The minimum absolute atomic E-state index is 0.218. The number of rotatable bonds is 2. The zero-order valence-electron chi connectivity index (χ0n) is 10.2. The number of fused-ring (bicyclic) bond motifs is 1. The minimum atomic E-state index is -1.14. The molecule has 0 saturated heterocycles. The zero-order chi connectivity index (χ0) is 14.3. The van der Waals surface area contributed by atoms with Gasteiger partial charge < -0.3 is 10.2 Å². The van der Waals surface area contributed by atoms with Gasteiger partial charge in [0, 0.05) is 23.1 Å². The Hall–Kier alpha value is -2.27. The van der Waals surface area contributed by atoms with E-state index in [1.54, 1.807) is 24.3 Å². The van der Waals surface area contributed by atoms with Gasteiger partial charge in [0.15, 0.2) is 0 Å². The van der Waals surface area contributed by atoms with Crippen molar-refractivity contribution in [3.63, 3.8) is 0 Å². The second kappa shape index (κ2) is 4.68. The quantitative estimate of drug-likeness (QED) is 0.771. The molecular formula is C15H10F3NO. The van der Waals surface area contributed by atoms with E-state index in [1.807, 2.05) is 6.07 Å². The summed E-state index contributed by atoms with van der Waals surface area (Å²) < 4.78 is 45.8. The minimum Gasteiger partial charge on any atom is -0.459 e. The monoisotopic (exact) mass is 277 g/mol. The summed E-state index contributed by atoms with van der Waals surface area (Å²) in [5, 5.41) is 0.779. The van der Waals surface area contributed by atoms with Crippen molar-refractivity contribution < 1.29 is 17.6 Å². The van der Waals surface area contributed by atoms with Crippen molar-refractivity contribution in [1.82, 2.24) is 0 Å². The Kier molecular flexibility index (Phi) is 2.99. The average Bonchev–Trinajstić information content (AvgIpc) is 2.81. The van der Waals surface area contributed by atoms with Crippen LogP contribution in [0, 0.1) is 17.5 Å². The fourth-order valence-corrected chi connectivity index (χ4v) is 2.15. The molecule has 0 saturated carbocycles. The van der Waals surface area contributed by atoms with Gasteiger partial charge in [-0.3, -0.25) is 0 Å². The van der Waals surface area contributed by atoms with Crippen molar-refractivity contribution in [1.29, 1.82) is 0 Å². The number of halogens is 3. The lowest BCUT2D eigenvalue weighted by molar-refractivity contribution is 0.477. The average molecular weight is 277 g/mol. The molecule has 102 valence electrons. The number of hydrogen-bond donors (Lipinski definition) is 1. The molecule has 1 heterocycles. The lowest BCUT2D eigenvalue weighted by Crippen LogP contribution is -2.15. The van der Waals surface area contributed by atoms with E-state index in [0.29, 0.717) is 17.7 Å². The summed E-state index contributed by atoms with van der Waals surface area (Å²) in [5.74, 6) is -2.83.